The molecule has 4 fully saturated rings. The number of aliphatic hydroxyl groups is 1. The van der Waals surface area contributed by atoms with E-state index >= 15 is 0 Å². The van der Waals surface area contributed by atoms with Gasteiger partial charge in [-0.15, -0.1) is 18.3 Å². The van der Waals surface area contributed by atoms with Crippen LogP contribution < -0.4 is 0 Å². The Bertz CT molecular complexity index is 865. The second-order valence-electron chi connectivity index (χ2n) is 11.1. The lowest BCUT2D eigenvalue weighted by Gasteiger charge is -2.42. The van der Waals surface area contributed by atoms with Crippen LogP contribution in [0, 0.1) is 23.7 Å². The molecule has 7 atom stereocenters. The Balaban J connectivity index is 1.71. The third-order valence-electron chi connectivity index (χ3n) is 8.50. The average molecular weight is 524 g/mol. The van der Waals surface area contributed by atoms with E-state index in [1.807, 2.05) is 13.8 Å². The van der Waals surface area contributed by atoms with Gasteiger partial charge in [-0.25, -0.2) is 0 Å². The van der Waals surface area contributed by atoms with Crippen LogP contribution in [0.15, 0.2) is 12.7 Å². The second-order valence-corrected chi connectivity index (χ2v) is 12.7. The van der Waals surface area contributed by atoms with Gasteiger partial charge in [-0.05, 0) is 24.7 Å². The van der Waals surface area contributed by atoms with Crippen LogP contribution in [-0.4, -0.2) is 117 Å². The van der Waals surface area contributed by atoms with E-state index in [0.717, 1.165) is 13.1 Å². The molecule has 4 aliphatic heterocycles. The van der Waals surface area contributed by atoms with E-state index < -0.39 is 34.6 Å². The highest BCUT2D eigenvalue weighted by Gasteiger charge is 2.76. The number of likely N-dealkylation sites (tertiary alicyclic amines) is 1. The molecule has 4 heterocycles. The number of carbonyl (C=O) groups is 3. The molecule has 10 heteroatoms. The smallest absolute Gasteiger partial charge is 0.308 e. The van der Waals surface area contributed by atoms with Crippen LogP contribution in [0.25, 0.3) is 0 Å². The van der Waals surface area contributed by atoms with E-state index in [9.17, 15) is 24.6 Å². The summed E-state index contributed by atoms with van der Waals surface area (Å²) in [7, 11) is 0. The summed E-state index contributed by atoms with van der Waals surface area (Å²) < 4.78 is 4.64. The number of nitrogens with zero attached hydrogens (tertiary/aromatic N) is 3. The molecule has 2 amide bonds. The molecular formula is C26H41N3O6S. The topological polar surface area (TPSA) is 111 Å². The molecule has 0 aromatic carbocycles. The number of morpholine rings is 1. The SMILES string of the molecule is C=CCN(CCN1CCOCC1)C(=O)C1N([C@@H](CO)CC(C)C)C(=O)[C@@H]2[C@H](C(=O)O)[C@@H]3CC(C)C12S3. The molecule has 0 radical (unpaired) electrons. The molecule has 4 saturated heterocycles. The van der Waals surface area contributed by atoms with Crippen LogP contribution in [0.1, 0.15) is 33.6 Å². The molecule has 1 spiro atoms. The van der Waals surface area contributed by atoms with Gasteiger partial charge in [-0.3, -0.25) is 19.3 Å². The Morgan fingerprint density at radius 3 is 2.61 bits per heavy atom. The fraction of sp³-hybridized carbons (Fsp3) is 0.808. The van der Waals surface area contributed by atoms with Gasteiger partial charge in [0, 0.05) is 38.0 Å². The molecule has 9 nitrogen and oxygen atoms in total. The number of carbonyl (C=O) groups excluding carboxylic acids is 2. The number of fused-ring (bicyclic) bond motifs is 1. The zero-order valence-electron chi connectivity index (χ0n) is 21.7. The van der Waals surface area contributed by atoms with Crippen LogP contribution in [0.5, 0.6) is 0 Å². The largest absolute Gasteiger partial charge is 0.481 e. The summed E-state index contributed by atoms with van der Waals surface area (Å²) in [5.41, 5.74) is 0. The van der Waals surface area contributed by atoms with E-state index in [4.69, 9.17) is 4.74 Å². The summed E-state index contributed by atoms with van der Waals surface area (Å²) in [4.78, 5) is 46.4. The highest BCUT2D eigenvalue weighted by molar-refractivity contribution is 8.02. The van der Waals surface area contributed by atoms with Crippen LogP contribution in [-0.2, 0) is 19.1 Å². The summed E-state index contributed by atoms with van der Waals surface area (Å²) in [5.74, 6) is -2.76. The van der Waals surface area contributed by atoms with Crippen LogP contribution in [0.4, 0.5) is 0 Å². The number of hydrogen-bond acceptors (Lipinski definition) is 7. The van der Waals surface area contributed by atoms with E-state index in [0.29, 0.717) is 45.7 Å². The average Bonchev–Trinajstić information content (AvgIpc) is 3.44. The van der Waals surface area contributed by atoms with Crippen molar-refractivity contribution >= 4 is 29.5 Å². The van der Waals surface area contributed by atoms with E-state index in [-0.39, 0.29) is 35.5 Å². The number of thioether (sulfide) groups is 1. The van der Waals surface area contributed by atoms with Crippen LogP contribution >= 0.6 is 11.8 Å². The highest BCUT2D eigenvalue weighted by Crippen LogP contribution is 2.69. The maximum Gasteiger partial charge on any atom is 0.308 e. The van der Waals surface area contributed by atoms with Crippen molar-refractivity contribution in [1.82, 2.24) is 14.7 Å². The molecule has 2 N–H and O–H groups in total. The Morgan fingerprint density at radius 1 is 1.33 bits per heavy atom. The highest BCUT2D eigenvalue weighted by atomic mass is 32.2. The normalized spacial score (nSPS) is 34.8. The van der Waals surface area contributed by atoms with E-state index in [1.165, 1.54) is 0 Å². The number of ether oxygens (including phenoxy) is 1. The van der Waals surface area contributed by atoms with Gasteiger partial charge in [0.2, 0.25) is 11.8 Å². The van der Waals surface area contributed by atoms with E-state index in [1.54, 1.807) is 27.6 Å². The molecule has 0 aliphatic carbocycles. The fourth-order valence-electron chi connectivity index (χ4n) is 6.94. The Kier molecular flexibility index (Phi) is 8.38. The third-order valence-corrected chi connectivity index (χ3v) is 10.6. The number of rotatable bonds is 11. The molecule has 0 saturated carbocycles. The summed E-state index contributed by atoms with van der Waals surface area (Å²) in [6.07, 6.45) is 2.92. The number of hydrogen-bond donors (Lipinski definition) is 2. The standard InChI is InChI=1S/C26H41N3O6S/c1-5-6-28(8-7-27-9-11-35-12-10-27)24(32)22-26-17(4)14-19(36-26)20(25(33)34)21(26)23(31)29(22)18(15-30)13-16(2)3/h5,16-22,30H,1,6-15H2,2-4H3,(H,33,34)/t17?,18-,19+,20-,21+,22?,26?/m1/s1. The lowest BCUT2D eigenvalue weighted by Crippen LogP contribution is -2.60. The van der Waals surface area contributed by atoms with Gasteiger partial charge in [0.15, 0.2) is 0 Å². The monoisotopic (exact) mass is 523 g/mol. The van der Waals surface area contributed by atoms with Crippen molar-refractivity contribution < 1.29 is 29.3 Å². The van der Waals surface area contributed by atoms with Crippen LogP contribution in [0.2, 0.25) is 0 Å². The first kappa shape index (κ1) is 27.4. The minimum absolute atomic E-state index is 0.0132. The third kappa shape index (κ3) is 4.59. The minimum Gasteiger partial charge on any atom is -0.481 e. The van der Waals surface area contributed by atoms with Crippen molar-refractivity contribution in [3.63, 3.8) is 0 Å². The zero-order chi connectivity index (χ0) is 26.2. The van der Waals surface area contributed by atoms with Gasteiger partial charge < -0.3 is 24.7 Å². The van der Waals surface area contributed by atoms with Crippen molar-refractivity contribution in [3.8, 4) is 0 Å². The fourth-order valence-corrected chi connectivity index (χ4v) is 9.34. The first-order chi connectivity index (χ1) is 17.2. The van der Waals surface area contributed by atoms with Crippen molar-refractivity contribution in [2.24, 2.45) is 23.7 Å². The first-order valence-electron chi connectivity index (χ1n) is 13.2. The maximum absolute atomic E-state index is 14.4. The minimum atomic E-state index is -0.965. The van der Waals surface area contributed by atoms with Crippen molar-refractivity contribution in [2.45, 2.75) is 55.7 Å². The van der Waals surface area contributed by atoms with E-state index in [2.05, 4.69) is 18.4 Å². The molecule has 4 rings (SSSR count). The van der Waals surface area contributed by atoms with Gasteiger partial charge in [-0.2, -0.15) is 0 Å². The predicted molar refractivity (Wildman–Crippen MR) is 138 cm³/mol. The van der Waals surface area contributed by atoms with Crippen molar-refractivity contribution in [3.05, 3.63) is 12.7 Å². The molecule has 0 aromatic heterocycles. The molecule has 202 valence electrons. The lowest BCUT2D eigenvalue weighted by atomic mass is 9.66. The molecule has 2 bridgehead atoms. The summed E-state index contributed by atoms with van der Waals surface area (Å²) >= 11 is 1.54. The second kappa shape index (κ2) is 11.0. The Hall–Kier alpha value is -1.62. The Labute approximate surface area is 218 Å². The lowest BCUT2D eigenvalue weighted by molar-refractivity contribution is -0.150. The first-order valence-corrected chi connectivity index (χ1v) is 14.1. The Morgan fingerprint density at radius 2 is 2.03 bits per heavy atom. The van der Waals surface area contributed by atoms with Crippen LogP contribution in [0.3, 0.4) is 0 Å². The number of amides is 2. The molecular weight excluding hydrogens is 482 g/mol. The zero-order valence-corrected chi connectivity index (χ0v) is 22.5. The number of aliphatic hydroxyl groups excluding tert-OH is 1. The quantitative estimate of drug-likeness (QED) is 0.388. The van der Waals surface area contributed by atoms with Gasteiger partial charge in [0.05, 0.1) is 42.4 Å². The maximum atomic E-state index is 14.4. The molecule has 36 heavy (non-hydrogen) atoms. The van der Waals surface area contributed by atoms with Gasteiger partial charge in [0.25, 0.3) is 0 Å². The number of carboxylic acids is 1. The molecule has 0 aromatic rings. The molecule has 3 unspecified atom stereocenters. The molecule has 4 aliphatic rings. The van der Waals surface area contributed by atoms with Crippen molar-refractivity contribution in [1.29, 1.82) is 0 Å². The van der Waals surface area contributed by atoms with Gasteiger partial charge in [-0.1, -0.05) is 26.8 Å². The summed E-state index contributed by atoms with van der Waals surface area (Å²) in [6.45, 7) is 14.2. The van der Waals surface area contributed by atoms with Gasteiger partial charge >= 0.3 is 5.97 Å². The number of carboxylic acid groups (broad SMARTS) is 1. The number of aliphatic carboxylic acids is 1. The van der Waals surface area contributed by atoms with Crippen molar-refractivity contribution in [2.75, 3.05) is 52.5 Å². The predicted octanol–water partition coefficient (Wildman–Crippen LogP) is 1.16. The van der Waals surface area contributed by atoms with Gasteiger partial charge in [0.1, 0.15) is 6.04 Å². The summed E-state index contributed by atoms with van der Waals surface area (Å²) in [6, 6.07) is -1.33. The summed E-state index contributed by atoms with van der Waals surface area (Å²) in [5, 5.41) is 20.3.